The van der Waals surface area contributed by atoms with Gasteiger partial charge in [-0.3, -0.25) is 10.1 Å². The van der Waals surface area contributed by atoms with Gasteiger partial charge in [0.2, 0.25) is 5.91 Å². The lowest BCUT2D eigenvalue weighted by atomic mass is 9.97. The minimum Gasteiger partial charge on any atom is -0.497 e. The summed E-state index contributed by atoms with van der Waals surface area (Å²) in [5.41, 5.74) is 0.827. The third kappa shape index (κ3) is 6.92. The fraction of sp³-hybridized carbons (Fsp3) is 0.400. The number of methoxy groups -OCH3 is 2. The summed E-state index contributed by atoms with van der Waals surface area (Å²) in [5.74, 6) is 1.45. The smallest absolute Gasteiger partial charge is 0.413 e. The highest BCUT2D eigenvalue weighted by molar-refractivity contribution is 8.76. The zero-order valence-corrected chi connectivity index (χ0v) is 17.9. The van der Waals surface area contributed by atoms with Gasteiger partial charge in [-0.05, 0) is 35.4 Å². The number of alkyl carbamates (subject to hydrolysis) is 1. The molecule has 1 unspecified atom stereocenters. The second-order valence-electron chi connectivity index (χ2n) is 5.96. The van der Waals surface area contributed by atoms with E-state index in [0.29, 0.717) is 12.4 Å². The van der Waals surface area contributed by atoms with E-state index < -0.39 is 12.0 Å². The highest BCUT2D eigenvalue weighted by Crippen LogP contribution is 2.25. The Balaban J connectivity index is 1.81. The zero-order chi connectivity index (χ0) is 20.4. The lowest BCUT2D eigenvalue weighted by molar-refractivity contribution is -0.121. The average molecular weight is 424 g/mol. The Morgan fingerprint density at radius 1 is 1.00 bits per heavy atom. The maximum atomic E-state index is 12.3. The number of rotatable bonds is 10. The molecule has 0 saturated heterocycles. The second-order valence-corrected chi connectivity index (χ2v) is 8.66. The van der Waals surface area contributed by atoms with Gasteiger partial charge >= 0.3 is 6.09 Å². The molecule has 0 heterocycles. The first-order valence-electron chi connectivity index (χ1n) is 8.84. The molecular weight excluding hydrogens is 398 g/mol. The van der Waals surface area contributed by atoms with Gasteiger partial charge in [-0.25, -0.2) is 4.79 Å². The first-order chi connectivity index (χ1) is 13.5. The van der Waals surface area contributed by atoms with Gasteiger partial charge < -0.3 is 14.2 Å². The summed E-state index contributed by atoms with van der Waals surface area (Å²) in [6.45, 7) is 2.69. The SMILES string of the molecule is COCCSSCCOC(=O)NC(=O)C(C)c1ccc2cc(OC)ccc2c1. The van der Waals surface area contributed by atoms with Crippen LogP contribution in [0.5, 0.6) is 5.75 Å². The van der Waals surface area contributed by atoms with Crippen LogP contribution < -0.4 is 10.1 Å². The van der Waals surface area contributed by atoms with Crippen LogP contribution in [-0.2, 0) is 14.3 Å². The van der Waals surface area contributed by atoms with E-state index in [2.05, 4.69) is 5.32 Å². The second kappa shape index (κ2) is 11.8. The number of carbonyl (C=O) groups is 2. The molecule has 0 fully saturated rings. The Kier molecular flexibility index (Phi) is 9.46. The number of hydrogen-bond donors (Lipinski definition) is 1. The number of benzene rings is 2. The molecule has 28 heavy (non-hydrogen) atoms. The molecule has 0 bridgehead atoms. The molecule has 2 aromatic carbocycles. The van der Waals surface area contributed by atoms with Crippen molar-refractivity contribution in [2.24, 2.45) is 0 Å². The summed E-state index contributed by atoms with van der Waals surface area (Å²) in [6, 6.07) is 11.5. The normalized spacial score (nSPS) is 11.8. The molecule has 2 aromatic rings. The number of fused-ring (bicyclic) bond motifs is 1. The molecule has 0 aliphatic rings. The van der Waals surface area contributed by atoms with Crippen LogP contribution in [0.1, 0.15) is 18.4 Å². The molecule has 8 heteroatoms. The first kappa shape index (κ1) is 22.4. The van der Waals surface area contributed by atoms with Gasteiger partial charge in [0.15, 0.2) is 0 Å². The Morgan fingerprint density at radius 3 is 2.39 bits per heavy atom. The molecule has 152 valence electrons. The van der Waals surface area contributed by atoms with Gasteiger partial charge in [0.1, 0.15) is 12.4 Å². The van der Waals surface area contributed by atoms with Crippen LogP contribution >= 0.6 is 21.6 Å². The summed E-state index contributed by atoms with van der Waals surface area (Å²) < 4.78 is 15.2. The van der Waals surface area contributed by atoms with Gasteiger partial charge in [0, 0.05) is 18.6 Å². The monoisotopic (exact) mass is 423 g/mol. The largest absolute Gasteiger partial charge is 0.497 e. The van der Waals surface area contributed by atoms with Crippen molar-refractivity contribution in [1.82, 2.24) is 5.32 Å². The summed E-state index contributed by atoms with van der Waals surface area (Å²) in [5, 5.41) is 4.33. The predicted molar refractivity (Wildman–Crippen MR) is 115 cm³/mol. The molecule has 0 aliphatic heterocycles. The van der Waals surface area contributed by atoms with Crippen molar-refractivity contribution < 1.29 is 23.8 Å². The predicted octanol–water partition coefficient (Wildman–Crippen LogP) is 4.23. The van der Waals surface area contributed by atoms with Gasteiger partial charge in [0.05, 0.1) is 19.6 Å². The highest BCUT2D eigenvalue weighted by Gasteiger charge is 2.18. The summed E-state index contributed by atoms with van der Waals surface area (Å²) in [4.78, 5) is 24.1. The van der Waals surface area contributed by atoms with E-state index in [1.54, 1.807) is 42.7 Å². The maximum absolute atomic E-state index is 12.3. The average Bonchev–Trinajstić information content (AvgIpc) is 2.71. The Hall–Kier alpha value is -1.90. The van der Waals surface area contributed by atoms with E-state index in [0.717, 1.165) is 27.8 Å². The molecule has 0 aromatic heterocycles. The molecule has 0 aliphatic carbocycles. The fourth-order valence-electron chi connectivity index (χ4n) is 2.44. The van der Waals surface area contributed by atoms with E-state index in [-0.39, 0.29) is 12.5 Å². The number of carbonyl (C=O) groups excluding carboxylic acids is 2. The van der Waals surface area contributed by atoms with Crippen molar-refractivity contribution in [3.63, 3.8) is 0 Å². The molecule has 6 nitrogen and oxygen atoms in total. The van der Waals surface area contributed by atoms with Crippen LogP contribution in [0.4, 0.5) is 4.79 Å². The molecule has 2 rings (SSSR count). The third-order valence-corrected chi connectivity index (χ3v) is 6.38. The van der Waals surface area contributed by atoms with E-state index >= 15 is 0 Å². The molecule has 1 N–H and O–H groups in total. The zero-order valence-electron chi connectivity index (χ0n) is 16.2. The van der Waals surface area contributed by atoms with Crippen LogP contribution in [-0.4, -0.2) is 50.9 Å². The number of imide groups is 1. The molecule has 2 amide bonds. The van der Waals surface area contributed by atoms with Crippen molar-refractivity contribution >= 4 is 44.4 Å². The van der Waals surface area contributed by atoms with Gasteiger partial charge in [-0.2, -0.15) is 0 Å². The molecule has 0 saturated carbocycles. The fourth-order valence-corrected chi connectivity index (χ4v) is 4.18. The van der Waals surface area contributed by atoms with E-state index in [4.69, 9.17) is 14.2 Å². The highest BCUT2D eigenvalue weighted by atomic mass is 33.1. The van der Waals surface area contributed by atoms with E-state index in [1.165, 1.54) is 0 Å². The van der Waals surface area contributed by atoms with Gasteiger partial charge in [-0.15, -0.1) is 0 Å². The van der Waals surface area contributed by atoms with Crippen molar-refractivity contribution in [3.8, 4) is 5.75 Å². The summed E-state index contributed by atoms with van der Waals surface area (Å²) in [6.07, 6.45) is -0.718. The standard InChI is InChI=1S/C20H25NO5S2/c1-14(15-4-5-17-13-18(25-3)7-6-16(17)12-15)19(22)21-20(23)26-9-11-28-27-10-8-24-2/h4-7,12-14H,8-11H2,1-3H3,(H,21,22,23). The van der Waals surface area contributed by atoms with E-state index in [9.17, 15) is 9.59 Å². The topological polar surface area (TPSA) is 73.9 Å². The molecular formula is C20H25NO5S2. The minimum absolute atomic E-state index is 0.246. The number of ether oxygens (including phenoxy) is 3. The van der Waals surface area contributed by atoms with Crippen LogP contribution in [0.2, 0.25) is 0 Å². The van der Waals surface area contributed by atoms with E-state index in [1.807, 2.05) is 36.4 Å². The number of hydrogen-bond acceptors (Lipinski definition) is 7. The van der Waals surface area contributed by atoms with Crippen molar-refractivity contribution in [2.75, 3.05) is 38.9 Å². The van der Waals surface area contributed by atoms with Crippen LogP contribution in [0.25, 0.3) is 10.8 Å². The van der Waals surface area contributed by atoms with Crippen molar-refractivity contribution in [3.05, 3.63) is 42.0 Å². The quantitative estimate of drug-likeness (QED) is 0.453. The molecule has 0 radical (unpaired) electrons. The van der Waals surface area contributed by atoms with Gasteiger partial charge in [-0.1, -0.05) is 45.9 Å². The van der Waals surface area contributed by atoms with Gasteiger partial charge in [0.25, 0.3) is 0 Å². The Morgan fingerprint density at radius 2 is 1.68 bits per heavy atom. The van der Waals surface area contributed by atoms with Crippen LogP contribution in [0.3, 0.4) is 0 Å². The minimum atomic E-state index is -0.718. The summed E-state index contributed by atoms with van der Waals surface area (Å²) >= 11 is 0. The number of amides is 2. The lowest BCUT2D eigenvalue weighted by Crippen LogP contribution is -2.34. The van der Waals surface area contributed by atoms with Crippen LogP contribution in [0.15, 0.2) is 36.4 Å². The maximum Gasteiger partial charge on any atom is 0.413 e. The molecule has 0 spiro atoms. The Labute approximate surface area is 173 Å². The van der Waals surface area contributed by atoms with Crippen molar-refractivity contribution in [2.45, 2.75) is 12.8 Å². The number of nitrogens with one attached hydrogen (secondary N) is 1. The summed E-state index contributed by atoms with van der Waals surface area (Å²) in [7, 11) is 6.54. The first-order valence-corrected chi connectivity index (χ1v) is 11.3. The lowest BCUT2D eigenvalue weighted by Gasteiger charge is -2.13. The van der Waals surface area contributed by atoms with Crippen LogP contribution in [0, 0.1) is 0 Å². The third-order valence-electron chi connectivity index (χ3n) is 4.04. The Bertz CT molecular complexity index is 799. The van der Waals surface area contributed by atoms with Crippen molar-refractivity contribution in [1.29, 1.82) is 0 Å². The molecule has 1 atom stereocenters.